The van der Waals surface area contributed by atoms with Crippen LogP contribution in [0.4, 0.5) is 11.4 Å². The fourth-order valence-corrected chi connectivity index (χ4v) is 2.32. The molecule has 0 bridgehead atoms. The number of carbonyl (C=O) groups is 2. The van der Waals surface area contributed by atoms with Crippen molar-refractivity contribution in [3.05, 3.63) is 24.3 Å². The molecule has 1 unspecified atom stereocenters. The number of nitrogens with two attached hydrogens (primary N) is 1. The molecule has 8 nitrogen and oxygen atoms in total. The second kappa shape index (κ2) is 5.47. The van der Waals surface area contributed by atoms with E-state index in [1.54, 1.807) is 12.1 Å². The minimum Gasteiger partial charge on any atom is -0.344 e. The van der Waals surface area contributed by atoms with E-state index in [4.69, 9.17) is 5.14 Å². The Kier molecular flexibility index (Phi) is 3.91. The van der Waals surface area contributed by atoms with Gasteiger partial charge in [0.25, 0.3) is 10.2 Å². The van der Waals surface area contributed by atoms with Crippen molar-refractivity contribution in [2.75, 3.05) is 10.0 Å². The SMILES string of the molecule is NS(=O)(=O)Nc1cccc(NC(=O)C2CCC(=O)N2)c1. The van der Waals surface area contributed by atoms with Crippen LogP contribution in [0, 0.1) is 0 Å². The molecule has 1 heterocycles. The second-order valence-corrected chi connectivity index (χ2v) is 5.67. The molecule has 0 aliphatic carbocycles. The highest BCUT2D eigenvalue weighted by Gasteiger charge is 2.27. The van der Waals surface area contributed by atoms with Gasteiger partial charge in [0.15, 0.2) is 0 Å². The first-order valence-electron chi connectivity index (χ1n) is 5.84. The topological polar surface area (TPSA) is 130 Å². The maximum absolute atomic E-state index is 11.9. The lowest BCUT2D eigenvalue weighted by atomic mass is 10.2. The largest absolute Gasteiger partial charge is 0.344 e. The van der Waals surface area contributed by atoms with Crippen LogP contribution in [0.15, 0.2) is 24.3 Å². The van der Waals surface area contributed by atoms with E-state index in [2.05, 4.69) is 15.4 Å². The summed E-state index contributed by atoms with van der Waals surface area (Å²) in [4.78, 5) is 22.9. The fraction of sp³-hybridized carbons (Fsp3) is 0.273. The van der Waals surface area contributed by atoms with Crippen LogP contribution in [-0.2, 0) is 19.8 Å². The van der Waals surface area contributed by atoms with Gasteiger partial charge in [0.05, 0.1) is 5.69 Å². The third-order valence-electron chi connectivity index (χ3n) is 2.70. The zero-order valence-corrected chi connectivity index (χ0v) is 11.2. The molecular weight excluding hydrogens is 284 g/mol. The molecule has 108 valence electrons. The van der Waals surface area contributed by atoms with Crippen LogP contribution in [0.1, 0.15) is 12.8 Å². The Bertz CT molecular complexity index is 644. The maximum Gasteiger partial charge on any atom is 0.296 e. The van der Waals surface area contributed by atoms with Gasteiger partial charge >= 0.3 is 0 Å². The lowest BCUT2D eigenvalue weighted by Gasteiger charge is -2.12. The molecule has 0 radical (unpaired) electrons. The summed E-state index contributed by atoms with van der Waals surface area (Å²) >= 11 is 0. The Morgan fingerprint density at radius 3 is 2.65 bits per heavy atom. The van der Waals surface area contributed by atoms with Crippen LogP contribution in [0.3, 0.4) is 0 Å². The average molecular weight is 298 g/mol. The number of nitrogens with one attached hydrogen (secondary N) is 3. The minimum atomic E-state index is -3.87. The van der Waals surface area contributed by atoms with Crippen molar-refractivity contribution in [2.45, 2.75) is 18.9 Å². The van der Waals surface area contributed by atoms with Crippen molar-refractivity contribution < 1.29 is 18.0 Å². The molecule has 1 saturated heterocycles. The van der Waals surface area contributed by atoms with Crippen LogP contribution < -0.4 is 20.5 Å². The monoisotopic (exact) mass is 298 g/mol. The number of benzene rings is 1. The van der Waals surface area contributed by atoms with Gasteiger partial charge in [-0.05, 0) is 24.6 Å². The van der Waals surface area contributed by atoms with E-state index < -0.39 is 16.3 Å². The third kappa shape index (κ3) is 3.93. The van der Waals surface area contributed by atoms with E-state index in [9.17, 15) is 18.0 Å². The van der Waals surface area contributed by atoms with Crippen molar-refractivity contribution in [2.24, 2.45) is 5.14 Å². The molecule has 9 heteroatoms. The molecule has 0 aromatic heterocycles. The fourth-order valence-electron chi connectivity index (χ4n) is 1.86. The minimum absolute atomic E-state index is 0.158. The van der Waals surface area contributed by atoms with Crippen molar-refractivity contribution in [3.8, 4) is 0 Å². The molecule has 1 aliphatic rings. The summed E-state index contributed by atoms with van der Waals surface area (Å²) in [7, 11) is -3.87. The smallest absolute Gasteiger partial charge is 0.296 e. The lowest BCUT2D eigenvalue weighted by molar-refractivity contribution is -0.122. The predicted octanol–water partition coefficient (Wildman–Crippen LogP) is -0.481. The van der Waals surface area contributed by atoms with Gasteiger partial charge in [0, 0.05) is 12.1 Å². The summed E-state index contributed by atoms with van der Waals surface area (Å²) in [5.74, 6) is -0.501. The number of hydrogen-bond acceptors (Lipinski definition) is 4. The molecule has 1 aliphatic heterocycles. The van der Waals surface area contributed by atoms with Gasteiger partial charge in [-0.1, -0.05) is 6.07 Å². The number of amides is 2. The Hall–Kier alpha value is -2.13. The van der Waals surface area contributed by atoms with Crippen LogP contribution in [0.2, 0.25) is 0 Å². The van der Waals surface area contributed by atoms with Gasteiger partial charge in [-0.15, -0.1) is 0 Å². The van der Waals surface area contributed by atoms with E-state index in [1.165, 1.54) is 12.1 Å². The summed E-state index contributed by atoms with van der Waals surface area (Å²) in [6, 6.07) is 5.54. The first-order valence-corrected chi connectivity index (χ1v) is 7.39. The first-order chi connectivity index (χ1) is 9.33. The van der Waals surface area contributed by atoms with Crippen LogP contribution in [0.5, 0.6) is 0 Å². The second-order valence-electron chi connectivity index (χ2n) is 4.38. The number of rotatable bonds is 4. The molecule has 1 atom stereocenters. The van der Waals surface area contributed by atoms with Crippen molar-refractivity contribution in [1.82, 2.24) is 5.32 Å². The normalized spacial score (nSPS) is 18.4. The number of hydrogen-bond donors (Lipinski definition) is 4. The number of carbonyl (C=O) groups excluding carboxylic acids is 2. The van der Waals surface area contributed by atoms with Gasteiger partial charge in [-0.2, -0.15) is 8.42 Å². The zero-order valence-electron chi connectivity index (χ0n) is 10.4. The van der Waals surface area contributed by atoms with E-state index in [0.717, 1.165) is 0 Å². The highest BCUT2D eigenvalue weighted by atomic mass is 32.2. The average Bonchev–Trinajstić information content (AvgIpc) is 2.74. The Morgan fingerprint density at radius 2 is 2.05 bits per heavy atom. The molecule has 2 rings (SSSR count). The van der Waals surface area contributed by atoms with Gasteiger partial charge < -0.3 is 10.6 Å². The van der Waals surface area contributed by atoms with Crippen LogP contribution in [-0.4, -0.2) is 26.3 Å². The van der Waals surface area contributed by atoms with Gasteiger partial charge in [-0.25, -0.2) is 5.14 Å². The number of anilines is 2. The quantitative estimate of drug-likeness (QED) is 0.598. The molecule has 1 aromatic carbocycles. The summed E-state index contributed by atoms with van der Waals surface area (Å²) in [6.07, 6.45) is 0.769. The van der Waals surface area contributed by atoms with E-state index in [1.807, 2.05) is 0 Å². The Balaban J connectivity index is 2.04. The first kappa shape index (κ1) is 14.3. The standard InChI is InChI=1S/C11H14N4O4S/c12-20(18,19)15-8-3-1-2-7(6-8)13-11(17)9-4-5-10(16)14-9/h1-3,6,9,15H,4-5H2,(H,13,17)(H,14,16)(H2,12,18,19). The highest BCUT2D eigenvalue weighted by molar-refractivity contribution is 7.90. The maximum atomic E-state index is 11.9. The van der Waals surface area contributed by atoms with Crippen molar-refractivity contribution in [3.63, 3.8) is 0 Å². The molecule has 0 spiro atoms. The summed E-state index contributed by atoms with van der Waals surface area (Å²) < 4.78 is 23.9. The molecule has 1 fully saturated rings. The van der Waals surface area contributed by atoms with Gasteiger partial charge in [0.2, 0.25) is 11.8 Å². The summed E-state index contributed by atoms with van der Waals surface area (Å²) in [6.45, 7) is 0. The van der Waals surface area contributed by atoms with Crippen molar-refractivity contribution >= 4 is 33.4 Å². The molecule has 5 N–H and O–H groups in total. The predicted molar refractivity (Wildman–Crippen MR) is 73.0 cm³/mol. The van der Waals surface area contributed by atoms with Gasteiger partial charge in [0.1, 0.15) is 6.04 Å². The third-order valence-corrected chi connectivity index (χ3v) is 3.22. The van der Waals surface area contributed by atoms with Crippen LogP contribution in [0.25, 0.3) is 0 Å². The molecular formula is C11H14N4O4S. The Labute approximate surface area is 115 Å². The molecule has 20 heavy (non-hydrogen) atoms. The van der Waals surface area contributed by atoms with Crippen molar-refractivity contribution in [1.29, 1.82) is 0 Å². The summed E-state index contributed by atoms with van der Waals surface area (Å²) in [5.41, 5.74) is 0.644. The molecule has 0 saturated carbocycles. The van der Waals surface area contributed by atoms with Crippen LogP contribution >= 0.6 is 0 Å². The van der Waals surface area contributed by atoms with Gasteiger partial charge in [-0.3, -0.25) is 14.3 Å². The molecule has 1 aromatic rings. The van der Waals surface area contributed by atoms with E-state index >= 15 is 0 Å². The van der Waals surface area contributed by atoms with E-state index in [-0.39, 0.29) is 17.5 Å². The Morgan fingerprint density at radius 1 is 1.35 bits per heavy atom. The highest BCUT2D eigenvalue weighted by Crippen LogP contribution is 2.17. The summed E-state index contributed by atoms with van der Waals surface area (Å²) in [5, 5.41) is 10.0. The molecule has 2 amide bonds. The lowest BCUT2D eigenvalue weighted by Crippen LogP contribution is -2.37. The van der Waals surface area contributed by atoms with E-state index in [0.29, 0.717) is 18.5 Å². The zero-order chi connectivity index (χ0) is 14.8.